The summed E-state index contributed by atoms with van der Waals surface area (Å²) in [5.74, 6) is 1.97. The highest BCUT2D eigenvalue weighted by Gasteiger charge is 2.12. The predicted octanol–water partition coefficient (Wildman–Crippen LogP) is 3.76. The number of nitrogens with one attached hydrogen (secondary N) is 1. The van der Waals surface area contributed by atoms with E-state index in [0.29, 0.717) is 28.7 Å². The summed E-state index contributed by atoms with van der Waals surface area (Å²) in [6.45, 7) is 0.271. The zero-order valence-corrected chi connectivity index (χ0v) is 16.5. The van der Waals surface area contributed by atoms with Gasteiger partial charge in [-0.25, -0.2) is 0 Å². The van der Waals surface area contributed by atoms with Crippen molar-refractivity contribution in [2.75, 3.05) is 21.3 Å². The van der Waals surface area contributed by atoms with Crippen LogP contribution in [0.5, 0.6) is 17.2 Å². The third-order valence-corrected chi connectivity index (χ3v) is 4.77. The summed E-state index contributed by atoms with van der Waals surface area (Å²) >= 11 is 1.57. The predicted molar refractivity (Wildman–Crippen MR) is 107 cm³/mol. The van der Waals surface area contributed by atoms with E-state index in [1.54, 1.807) is 43.8 Å². The summed E-state index contributed by atoms with van der Waals surface area (Å²) in [6, 6.07) is 9.23. The Bertz CT molecular complexity index is 938. The molecule has 0 atom stereocenters. The number of benzene rings is 1. The molecule has 0 fully saturated rings. The Labute approximate surface area is 166 Å². The molecule has 2 heterocycles. The Morgan fingerprint density at radius 1 is 1.18 bits per heavy atom. The molecule has 0 aliphatic carbocycles. The molecule has 146 valence electrons. The van der Waals surface area contributed by atoms with Crippen LogP contribution in [0.1, 0.15) is 11.3 Å². The monoisotopic (exact) mass is 400 g/mol. The largest absolute Gasteiger partial charge is 0.493 e. The lowest BCUT2D eigenvalue weighted by Crippen LogP contribution is -2.20. The van der Waals surface area contributed by atoms with Gasteiger partial charge in [0.05, 0.1) is 32.8 Å². The maximum Gasteiger partial charge on any atom is 0.244 e. The van der Waals surface area contributed by atoms with E-state index in [4.69, 9.17) is 18.7 Å². The molecule has 1 amide bonds. The Hall–Kier alpha value is -3.26. The van der Waals surface area contributed by atoms with Crippen LogP contribution < -0.4 is 19.5 Å². The smallest absolute Gasteiger partial charge is 0.244 e. The summed E-state index contributed by atoms with van der Waals surface area (Å²) in [5, 5.41) is 8.71. The van der Waals surface area contributed by atoms with Crippen LogP contribution in [0, 0.1) is 0 Å². The molecule has 0 unspecified atom stereocenters. The lowest BCUT2D eigenvalue weighted by molar-refractivity contribution is -0.116. The summed E-state index contributed by atoms with van der Waals surface area (Å²) in [7, 11) is 4.62. The minimum absolute atomic E-state index is 0.255. The Kier molecular flexibility index (Phi) is 6.33. The Morgan fingerprint density at radius 2 is 1.93 bits per heavy atom. The maximum atomic E-state index is 12.1. The van der Waals surface area contributed by atoms with Gasteiger partial charge in [-0.1, -0.05) is 11.2 Å². The Balaban J connectivity index is 1.62. The fourth-order valence-electron chi connectivity index (χ4n) is 2.54. The van der Waals surface area contributed by atoms with E-state index in [-0.39, 0.29) is 12.5 Å². The summed E-state index contributed by atoms with van der Waals surface area (Å²) in [5.41, 5.74) is 1.39. The van der Waals surface area contributed by atoms with Gasteiger partial charge in [-0.2, -0.15) is 0 Å². The lowest BCUT2D eigenvalue weighted by atomic mass is 10.1. The average Bonchev–Trinajstić information content (AvgIpc) is 3.41. The average molecular weight is 400 g/mol. The van der Waals surface area contributed by atoms with E-state index >= 15 is 0 Å². The number of methoxy groups -OCH3 is 3. The third-order valence-electron chi connectivity index (χ3n) is 3.88. The second-order valence-corrected chi connectivity index (χ2v) is 6.62. The molecule has 28 heavy (non-hydrogen) atoms. The van der Waals surface area contributed by atoms with Crippen molar-refractivity contribution in [3.63, 3.8) is 0 Å². The Morgan fingerprint density at radius 3 is 2.54 bits per heavy atom. The van der Waals surface area contributed by atoms with Crippen LogP contribution in [0.2, 0.25) is 0 Å². The van der Waals surface area contributed by atoms with Crippen LogP contribution in [0.3, 0.4) is 0 Å². The molecule has 1 N–H and O–H groups in total. The molecule has 3 rings (SSSR count). The van der Waals surface area contributed by atoms with E-state index < -0.39 is 0 Å². The minimum Gasteiger partial charge on any atom is -0.493 e. The number of hydrogen-bond acceptors (Lipinski definition) is 7. The molecule has 0 aliphatic heterocycles. The molecule has 0 saturated heterocycles. The first-order valence-corrected chi connectivity index (χ1v) is 9.28. The highest BCUT2D eigenvalue weighted by molar-refractivity contribution is 7.13. The van der Waals surface area contributed by atoms with E-state index in [0.717, 1.165) is 10.4 Å². The van der Waals surface area contributed by atoms with Crippen LogP contribution >= 0.6 is 11.3 Å². The van der Waals surface area contributed by atoms with Crippen LogP contribution in [0.25, 0.3) is 16.7 Å². The molecule has 0 bridgehead atoms. The quantitative estimate of drug-likeness (QED) is 0.580. The molecular formula is C20H20N2O5S. The topological polar surface area (TPSA) is 82.8 Å². The summed E-state index contributed by atoms with van der Waals surface area (Å²) in [4.78, 5) is 13.1. The van der Waals surface area contributed by atoms with Gasteiger partial charge in [0.1, 0.15) is 5.69 Å². The standard InChI is InChI=1S/C20H20N2O5S/c1-24-16-9-13(10-17(25-2)20(16)26-3)6-7-19(23)21-12-14-11-15(27-22-14)18-5-4-8-28-18/h4-11H,12H2,1-3H3,(H,21,23)/b7-6-. The molecule has 0 aliphatic rings. The number of hydrogen-bond donors (Lipinski definition) is 1. The summed E-state index contributed by atoms with van der Waals surface area (Å²) < 4.78 is 21.2. The number of ether oxygens (including phenoxy) is 3. The zero-order valence-electron chi connectivity index (χ0n) is 15.7. The van der Waals surface area contributed by atoms with Gasteiger partial charge in [-0.15, -0.1) is 11.3 Å². The summed E-state index contributed by atoms with van der Waals surface area (Å²) in [6.07, 6.45) is 3.10. The number of thiophene rings is 1. The van der Waals surface area contributed by atoms with E-state index in [1.807, 2.05) is 23.6 Å². The lowest BCUT2D eigenvalue weighted by Gasteiger charge is -2.12. The van der Waals surface area contributed by atoms with Crippen LogP contribution in [-0.4, -0.2) is 32.4 Å². The molecule has 0 radical (unpaired) electrons. The SMILES string of the molecule is COc1cc(/C=C\C(=O)NCc2cc(-c3cccs3)on2)cc(OC)c1OC. The van der Waals surface area contributed by atoms with Gasteiger partial charge in [0.25, 0.3) is 0 Å². The fraction of sp³-hybridized carbons (Fsp3) is 0.200. The molecule has 3 aromatic rings. The normalized spacial score (nSPS) is 10.8. The first kappa shape index (κ1) is 19.5. The van der Waals surface area contributed by atoms with Crippen molar-refractivity contribution < 1.29 is 23.5 Å². The van der Waals surface area contributed by atoms with Gasteiger partial charge < -0.3 is 24.1 Å². The van der Waals surface area contributed by atoms with Crippen LogP contribution in [0.4, 0.5) is 0 Å². The highest BCUT2D eigenvalue weighted by Crippen LogP contribution is 2.38. The second kappa shape index (κ2) is 9.09. The molecule has 8 heteroatoms. The van der Waals surface area contributed by atoms with Crippen molar-refractivity contribution in [1.82, 2.24) is 10.5 Å². The second-order valence-electron chi connectivity index (χ2n) is 5.67. The van der Waals surface area contributed by atoms with Crippen molar-refractivity contribution >= 4 is 23.3 Å². The van der Waals surface area contributed by atoms with Crippen molar-refractivity contribution in [3.05, 3.63) is 53.0 Å². The molecular weight excluding hydrogens is 380 g/mol. The number of amides is 1. The van der Waals surface area contributed by atoms with Crippen LogP contribution in [-0.2, 0) is 11.3 Å². The zero-order chi connectivity index (χ0) is 19.9. The fourth-order valence-corrected chi connectivity index (χ4v) is 3.21. The minimum atomic E-state index is -0.255. The number of carbonyl (C=O) groups is 1. The first-order chi connectivity index (χ1) is 13.6. The third kappa shape index (κ3) is 4.52. The number of carbonyl (C=O) groups excluding carboxylic acids is 1. The van der Waals surface area contributed by atoms with Crippen molar-refractivity contribution in [1.29, 1.82) is 0 Å². The van der Waals surface area contributed by atoms with Gasteiger partial charge in [-0.3, -0.25) is 4.79 Å². The van der Waals surface area contributed by atoms with E-state index in [2.05, 4.69) is 10.5 Å². The molecule has 2 aromatic heterocycles. The van der Waals surface area contributed by atoms with E-state index in [1.165, 1.54) is 13.2 Å². The molecule has 1 aromatic carbocycles. The first-order valence-electron chi connectivity index (χ1n) is 8.40. The van der Waals surface area contributed by atoms with Crippen molar-refractivity contribution in [2.45, 2.75) is 6.54 Å². The highest BCUT2D eigenvalue weighted by atomic mass is 32.1. The number of aromatic nitrogens is 1. The van der Waals surface area contributed by atoms with Gasteiger partial charge in [-0.05, 0) is 35.2 Å². The maximum absolute atomic E-state index is 12.1. The molecule has 7 nitrogen and oxygen atoms in total. The number of rotatable bonds is 8. The van der Waals surface area contributed by atoms with Crippen LogP contribution in [0.15, 0.2) is 46.3 Å². The number of nitrogens with zero attached hydrogens (tertiary/aromatic N) is 1. The van der Waals surface area contributed by atoms with Crippen molar-refractivity contribution in [3.8, 4) is 27.9 Å². The molecule has 0 spiro atoms. The van der Waals surface area contributed by atoms with Crippen molar-refractivity contribution in [2.24, 2.45) is 0 Å². The molecule has 0 saturated carbocycles. The van der Waals surface area contributed by atoms with Gasteiger partial charge >= 0.3 is 0 Å². The van der Waals surface area contributed by atoms with Gasteiger partial charge in [0.15, 0.2) is 17.3 Å². The van der Waals surface area contributed by atoms with Gasteiger partial charge in [0.2, 0.25) is 11.7 Å². The van der Waals surface area contributed by atoms with Gasteiger partial charge in [0, 0.05) is 12.1 Å². The van der Waals surface area contributed by atoms with E-state index in [9.17, 15) is 4.79 Å².